The molecule has 0 bridgehead atoms. The van der Waals surface area contributed by atoms with E-state index in [1.807, 2.05) is 44.2 Å². The number of fused-ring (bicyclic) bond motifs is 1. The van der Waals surface area contributed by atoms with E-state index in [1.54, 1.807) is 0 Å². The third kappa shape index (κ3) is 4.09. The molecular weight excluding hydrogens is 333 g/mol. The summed E-state index contributed by atoms with van der Waals surface area (Å²) in [5.41, 5.74) is 2.72. The van der Waals surface area contributed by atoms with Crippen molar-refractivity contribution in [2.24, 2.45) is 5.73 Å². The van der Waals surface area contributed by atoms with Crippen molar-refractivity contribution in [2.75, 3.05) is 6.54 Å². The maximum Gasteiger partial charge on any atom is 0.176 e. The third-order valence-electron chi connectivity index (χ3n) is 4.34. The lowest BCUT2D eigenvalue weighted by atomic mass is 9.95. The smallest absolute Gasteiger partial charge is 0.176 e. The SMILES string of the molecule is CC.N#C/C(=C/N)NCC(O)(C#CC1Cc2ccccc2O1)C1(F)CC1. The summed E-state index contributed by atoms with van der Waals surface area (Å²) in [5.74, 6) is 6.25. The van der Waals surface area contributed by atoms with Gasteiger partial charge < -0.3 is 20.9 Å². The van der Waals surface area contributed by atoms with Crippen LogP contribution < -0.4 is 15.8 Å². The summed E-state index contributed by atoms with van der Waals surface area (Å²) in [6.45, 7) is 3.78. The van der Waals surface area contributed by atoms with Crippen molar-refractivity contribution in [1.29, 1.82) is 5.26 Å². The van der Waals surface area contributed by atoms with Gasteiger partial charge in [-0.1, -0.05) is 43.9 Å². The van der Waals surface area contributed by atoms with E-state index in [1.165, 1.54) is 0 Å². The number of benzene rings is 1. The molecule has 2 aliphatic rings. The highest BCUT2D eigenvalue weighted by atomic mass is 19.1. The first kappa shape index (κ1) is 19.6. The lowest BCUT2D eigenvalue weighted by Gasteiger charge is -2.27. The van der Waals surface area contributed by atoms with E-state index in [9.17, 15) is 9.50 Å². The summed E-state index contributed by atoms with van der Waals surface area (Å²) in [4.78, 5) is 0. The van der Waals surface area contributed by atoms with E-state index in [2.05, 4.69) is 17.2 Å². The molecule has 0 aromatic heterocycles. The van der Waals surface area contributed by atoms with Crippen LogP contribution in [-0.2, 0) is 6.42 Å². The molecule has 1 saturated carbocycles. The molecule has 0 spiro atoms. The standard InChI is InChI=1S/C18H18FN3O2.C2H6/c19-17(7-8-17)18(23,12-22-14(10-20)11-21)6-5-15-9-13-3-1-2-4-16(13)24-15;1-2/h1-4,10,15,22-23H,7-9,12,20H2;1-2H3/b14-10-;. The molecule has 2 atom stereocenters. The number of nitrogens with zero attached hydrogens (tertiary/aromatic N) is 1. The molecule has 3 rings (SSSR count). The van der Waals surface area contributed by atoms with Crippen molar-refractivity contribution in [3.05, 3.63) is 41.7 Å². The lowest BCUT2D eigenvalue weighted by Crippen LogP contribution is -2.49. The van der Waals surface area contributed by atoms with Gasteiger partial charge in [-0.2, -0.15) is 5.26 Å². The molecule has 2 unspecified atom stereocenters. The van der Waals surface area contributed by atoms with Gasteiger partial charge in [-0.15, -0.1) is 0 Å². The highest BCUT2D eigenvalue weighted by Gasteiger charge is 2.59. The molecule has 1 heterocycles. The summed E-state index contributed by atoms with van der Waals surface area (Å²) >= 11 is 0. The summed E-state index contributed by atoms with van der Waals surface area (Å²) in [5, 5.41) is 22.2. The number of nitrogens with two attached hydrogens (primary N) is 1. The molecule has 5 nitrogen and oxygen atoms in total. The average Bonchev–Trinajstić information content (AvgIpc) is 3.29. The molecule has 6 heteroatoms. The van der Waals surface area contributed by atoms with E-state index in [0.717, 1.165) is 17.5 Å². The van der Waals surface area contributed by atoms with Crippen molar-refractivity contribution in [1.82, 2.24) is 5.32 Å². The minimum Gasteiger partial charge on any atom is -0.477 e. The molecule has 0 amide bonds. The highest BCUT2D eigenvalue weighted by molar-refractivity contribution is 5.40. The molecule has 1 fully saturated rings. The lowest BCUT2D eigenvalue weighted by molar-refractivity contribution is 0.00215. The van der Waals surface area contributed by atoms with Crippen molar-refractivity contribution < 1.29 is 14.2 Å². The Labute approximate surface area is 153 Å². The van der Waals surface area contributed by atoms with Crippen molar-refractivity contribution in [2.45, 2.75) is 50.5 Å². The fourth-order valence-electron chi connectivity index (χ4n) is 2.66. The maximum atomic E-state index is 14.6. The molecule has 1 aromatic carbocycles. The second-order valence-electron chi connectivity index (χ2n) is 6.06. The number of ether oxygens (including phenoxy) is 1. The number of alkyl halides is 1. The van der Waals surface area contributed by atoms with E-state index >= 15 is 0 Å². The summed E-state index contributed by atoms with van der Waals surface area (Å²) < 4.78 is 20.3. The second-order valence-corrected chi connectivity index (χ2v) is 6.06. The van der Waals surface area contributed by atoms with Crippen molar-refractivity contribution in [3.8, 4) is 23.7 Å². The number of nitriles is 1. The number of halogens is 1. The van der Waals surface area contributed by atoms with Gasteiger partial charge >= 0.3 is 0 Å². The van der Waals surface area contributed by atoms with E-state index < -0.39 is 17.4 Å². The van der Waals surface area contributed by atoms with Gasteiger partial charge in [-0.3, -0.25) is 0 Å². The molecule has 26 heavy (non-hydrogen) atoms. The summed E-state index contributed by atoms with van der Waals surface area (Å²) in [6.07, 6.45) is 1.72. The van der Waals surface area contributed by atoms with Crippen LogP contribution in [-0.4, -0.2) is 29.0 Å². The fraction of sp³-hybridized carbons (Fsp3) is 0.450. The molecule has 138 valence electrons. The number of rotatable bonds is 4. The molecule has 1 aliphatic carbocycles. The fourth-order valence-corrected chi connectivity index (χ4v) is 2.66. The number of aliphatic hydroxyl groups is 1. The Bertz CT molecular complexity index is 746. The number of hydrogen-bond donors (Lipinski definition) is 3. The molecule has 1 aromatic rings. The van der Waals surface area contributed by atoms with Crippen LogP contribution in [0.2, 0.25) is 0 Å². The van der Waals surface area contributed by atoms with Crippen LogP contribution >= 0.6 is 0 Å². The zero-order valence-corrected chi connectivity index (χ0v) is 15.1. The van der Waals surface area contributed by atoms with Crippen LogP contribution in [0.1, 0.15) is 32.3 Å². The van der Waals surface area contributed by atoms with Gasteiger partial charge in [0.2, 0.25) is 0 Å². The maximum absolute atomic E-state index is 14.6. The first-order chi connectivity index (χ1) is 12.5. The van der Waals surface area contributed by atoms with Gasteiger partial charge in [-0.25, -0.2) is 4.39 Å². The molecule has 0 saturated heterocycles. The topological polar surface area (TPSA) is 91.3 Å². The first-order valence-electron chi connectivity index (χ1n) is 8.74. The largest absolute Gasteiger partial charge is 0.477 e. The predicted molar refractivity (Wildman–Crippen MR) is 97.6 cm³/mol. The number of nitrogens with one attached hydrogen (secondary N) is 1. The van der Waals surface area contributed by atoms with Gasteiger partial charge in [0.05, 0.1) is 6.54 Å². The second kappa shape index (κ2) is 8.12. The Morgan fingerprint density at radius 3 is 2.77 bits per heavy atom. The zero-order valence-electron chi connectivity index (χ0n) is 15.1. The van der Waals surface area contributed by atoms with E-state index in [4.69, 9.17) is 15.7 Å². The summed E-state index contributed by atoms with van der Waals surface area (Å²) in [6, 6.07) is 9.42. The van der Waals surface area contributed by atoms with Crippen LogP contribution in [0.3, 0.4) is 0 Å². The Morgan fingerprint density at radius 2 is 2.19 bits per heavy atom. The van der Waals surface area contributed by atoms with Gasteiger partial charge in [0.1, 0.15) is 17.5 Å². The van der Waals surface area contributed by atoms with Gasteiger partial charge in [-0.05, 0) is 24.5 Å². The van der Waals surface area contributed by atoms with Crippen LogP contribution in [0.5, 0.6) is 5.75 Å². The van der Waals surface area contributed by atoms with Crippen LogP contribution in [0.15, 0.2) is 36.2 Å². The van der Waals surface area contributed by atoms with Gasteiger partial charge in [0.25, 0.3) is 0 Å². The Morgan fingerprint density at radius 1 is 1.50 bits per heavy atom. The van der Waals surface area contributed by atoms with E-state index in [-0.39, 0.29) is 25.1 Å². The molecular formula is C20H24FN3O2. The molecule has 0 radical (unpaired) electrons. The van der Waals surface area contributed by atoms with Crippen molar-refractivity contribution in [3.63, 3.8) is 0 Å². The van der Waals surface area contributed by atoms with Gasteiger partial charge in [0, 0.05) is 12.6 Å². The van der Waals surface area contributed by atoms with Gasteiger partial charge in [0.15, 0.2) is 17.4 Å². The Kier molecular flexibility index (Phi) is 6.13. The van der Waals surface area contributed by atoms with Crippen molar-refractivity contribution >= 4 is 0 Å². The highest BCUT2D eigenvalue weighted by Crippen LogP contribution is 2.48. The predicted octanol–water partition coefficient (Wildman–Crippen LogP) is 2.17. The minimum absolute atomic E-state index is 0.0593. The average molecular weight is 357 g/mol. The zero-order chi connectivity index (χ0) is 19.2. The van der Waals surface area contributed by atoms with Crippen LogP contribution in [0.25, 0.3) is 0 Å². The normalized spacial score (nSPS) is 21.3. The molecule has 1 aliphatic heterocycles. The van der Waals surface area contributed by atoms with E-state index in [0.29, 0.717) is 6.42 Å². The minimum atomic E-state index is -1.89. The Balaban J connectivity index is 0.00000117. The summed E-state index contributed by atoms with van der Waals surface area (Å²) in [7, 11) is 0. The van der Waals surface area contributed by atoms with Crippen LogP contribution in [0.4, 0.5) is 4.39 Å². The number of allylic oxidation sites excluding steroid dienone is 1. The molecule has 4 N–H and O–H groups in total. The Hall–Kier alpha value is -2.70. The third-order valence-corrected chi connectivity index (χ3v) is 4.34. The number of para-hydroxylation sites is 1. The first-order valence-corrected chi connectivity index (χ1v) is 8.74. The number of hydrogen-bond acceptors (Lipinski definition) is 5. The van der Waals surface area contributed by atoms with Crippen LogP contribution in [0, 0.1) is 23.2 Å². The monoisotopic (exact) mass is 357 g/mol. The quantitative estimate of drug-likeness (QED) is 0.567.